The molecule has 1 aliphatic heterocycles. The van der Waals surface area contributed by atoms with E-state index in [1.807, 2.05) is 7.05 Å². The van der Waals surface area contributed by atoms with Crippen LogP contribution >= 0.6 is 0 Å². The minimum absolute atomic E-state index is 0.123. The number of nitrogens with one attached hydrogen (secondary N) is 1. The Bertz CT molecular complexity index is 564. The number of anilines is 2. The molecule has 0 aliphatic carbocycles. The number of ether oxygens (including phenoxy) is 1. The van der Waals surface area contributed by atoms with Gasteiger partial charge in [-0.05, 0) is 0 Å². The summed E-state index contributed by atoms with van der Waals surface area (Å²) in [4.78, 5) is 19.2. The minimum Gasteiger partial charge on any atom is -0.372 e. The molecular formula is C13H16N6O. The van der Waals surface area contributed by atoms with Gasteiger partial charge in [0.15, 0.2) is 0 Å². The largest absolute Gasteiger partial charge is 0.372 e. The molecule has 7 nitrogen and oxygen atoms in total. The lowest BCUT2D eigenvalue weighted by molar-refractivity contribution is 0.0370. The smallest absolute Gasteiger partial charge is 0.150 e. The second-order valence-electron chi connectivity index (χ2n) is 4.41. The van der Waals surface area contributed by atoms with Crippen LogP contribution in [0.15, 0.2) is 31.0 Å². The molecule has 0 unspecified atom stereocenters. The molecule has 1 saturated heterocycles. The molecule has 0 spiro atoms. The third-order valence-corrected chi connectivity index (χ3v) is 3.21. The molecule has 3 heterocycles. The van der Waals surface area contributed by atoms with Gasteiger partial charge in [0.2, 0.25) is 0 Å². The van der Waals surface area contributed by atoms with E-state index in [0.717, 1.165) is 23.9 Å². The van der Waals surface area contributed by atoms with E-state index in [-0.39, 0.29) is 6.10 Å². The number of hydrogen-bond acceptors (Lipinski definition) is 7. The van der Waals surface area contributed by atoms with Crippen molar-refractivity contribution in [2.45, 2.75) is 6.10 Å². The highest BCUT2D eigenvalue weighted by atomic mass is 16.5. The van der Waals surface area contributed by atoms with Crippen molar-refractivity contribution in [1.82, 2.24) is 19.9 Å². The van der Waals surface area contributed by atoms with E-state index in [9.17, 15) is 0 Å². The zero-order chi connectivity index (χ0) is 13.8. The molecule has 0 amide bonds. The van der Waals surface area contributed by atoms with Gasteiger partial charge < -0.3 is 15.0 Å². The summed E-state index contributed by atoms with van der Waals surface area (Å²) in [6, 6.07) is 0. The van der Waals surface area contributed by atoms with Gasteiger partial charge >= 0.3 is 0 Å². The summed E-state index contributed by atoms with van der Waals surface area (Å²) in [7, 11) is 1.83. The van der Waals surface area contributed by atoms with Crippen molar-refractivity contribution in [3.63, 3.8) is 0 Å². The van der Waals surface area contributed by atoms with Gasteiger partial charge in [-0.3, -0.25) is 9.97 Å². The average molecular weight is 272 g/mol. The highest BCUT2D eigenvalue weighted by Crippen LogP contribution is 2.26. The minimum atomic E-state index is -0.123. The second kappa shape index (κ2) is 5.79. The molecule has 0 radical (unpaired) electrons. The van der Waals surface area contributed by atoms with Crippen molar-refractivity contribution < 1.29 is 4.74 Å². The predicted molar refractivity (Wildman–Crippen MR) is 74.5 cm³/mol. The highest BCUT2D eigenvalue weighted by Gasteiger charge is 2.26. The fraction of sp³-hybridized carbons (Fsp3) is 0.385. The topological polar surface area (TPSA) is 76.1 Å². The summed E-state index contributed by atoms with van der Waals surface area (Å²) >= 11 is 0. The molecule has 0 aromatic carbocycles. The SMILES string of the molecule is CNc1nccnc1[C@@H]1CN(c2cnccn2)CCO1. The third-order valence-electron chi connectivity index (χ3n) is 3.21. The average Bonchev–Trinajstić information content (AvgIpc) is 2.56. The Morgan fingerprint density at radius 1 is 1.20 bits per heavy atom. The van der Waals surface area contributed by atoms with Gasteiger partial charge in [-0.25, -0.2) is 9.97 Å². The van der Waals surface area contributed by atoms with E-state index >= 15 is 0 Å². The van der Waals surface area contributed by atoms with E-state index in [2.05, 4.69) is 30.2 Å². The molecule has 2 aromatic rings. The molecular weight excluding hydrogens is 256 g/mol. The monoisotopic (exact) mass is 272 g/mol. The van der Waals surface area contributed by atoms with Gasteiger partial charge in [0.25, 0.3) is 0 Å². The van der Waals surface area contributed by atoms with E-state index in [0.29, 0.717) is 13.2 Å². The number of morpholine rings is 1. The van der Waals surface area contributed by atoms with Gasteiger partial charge in [-0.2, -0.15) is 0 Å². The summed E-state index contributed by atoms with van der Waals surface area (Å²) in [5, 5.41) is 3.05. The molecule has 104 valence electrons. The Labute approximate surface area is 117 Å². The quantitative estimate of drug-likeness (QED) is 0.889. The molecule has 1 N–H and O–H groups in total. The summed E-state index contributed by atoms with van der Waals surface area (Å²) in [6.07, 6.45) is 8.35. The van der Waals surface area contributed by atoms with Crippen LogP contribution in [0, 0.1) is 0 Å². The Balaban J connectivity index is 1.82. The van der Waals surface area contributed by atoms with Crippen molar-refractivity contribution in [3.8, 4) is 0 Å². The summed E-state index contributed by atoms with van der Waals surface area (Å²) in [5.74, 6) is 1.61. The lowest BCUT2D eigenvalue weighted by atomic mass is 10.2. The number of aromatic nitrogens is 4. The molecule has 1 fully saturated rings. The lowest BCUT2D eigenvalue weighted by Crippen LogP contribution is -2.39. The van der Waals surface area contributed by atoms with E-state index < -0.39 is 0 Å². The van der Waals surface area contributed by atoms with Crippen LogP contribution in [0.3, 0.4) is 0 Å². The van der Waals surface area contributed by atoms with Crippen LogP contribution < -0.4 is 10.2 Å². The van der Waals surface area contributed by atoms with Gasteiger partial charge in [-0.1, -0.05) is 0 Å². The van der Waals surface area contributed by atoms with E-state index in [4.69, 9.17) is 4.74 Å². The molecule has 2 aromatic heterocycles. The molecule has 0 bridgehead atoms. The first kappa shape index (κ1) is 12.7. The zero-order valence-corrected chi connectivity index (χ0v) is 11.2. The van der Waals surface area contributed by atoms with Crippen molar-refractivity contribution >= 4 is 11.6 Å². The van der Waals surface area contributed by atoms with Crippen LogP contribution in [0.5, 0.6) is 0 Å². The molecule has 1 aliphatic rings. The predicted octanol–water partition coefficient (Wildman–Crippen LogP) is 0.886. The number of hydrogen-bond donors (Lipinski definition) is 1. The van der Waals surface area contributed by atoms with Gasteiger partial charge in [0, 0.05) is 38.4 Å². The maximum atomic E-state index is 5.83. The Morgan fingerprint density at radius 3 is 2.85 bits per heavy atom. The first-order valence-corrected chi connectivity index (χ1v) is 6.49. The first-order chi connectivity index (χ1) is 9.88. The van der Waals surface area contributed by atoms with Crippen LogP contribution in [0.4, 0.5) is 11.6 Å². The molecule has 7 heteroatoms. The molecule has 1 atom stereocenters. The van der Waals surface area contributed by atoms with Gasteiger partial charge in [0.1, 0.15) is 23.4 Å². The van der Waals surface area contributed by atoms with Gasteiger partial charge in [0.05, 0.1) is 19.3 Å². The second-order valence-corrected chi connectivity index (χ2v) is 4.41. The lowest BCUT2D eigenvalue weighted by Gasteiger charge is -2.33. The summed E-state index contributed by atoms with van der Waals surface area (Å²) < 4.78 is 5.83. The van der Waals surface area contributed by atoms with E-state index in [1.54, 1.807) is 31.0 Å². The fourth-order valence-corrected chi connectivity index (χ4v) is 2.25. The summed E-state index contributed by atoms with van der Waals surface area (Å²) in [6.45, 7) is 2.11. The third kappa shape index (κ3) is 2.53. The molecule has 20 heavy (non-hydrogen) atoms. The van der Waals surface area contributed by atoms with Crippen LogP contribution in [-0.2, 0) is 4.74 Å². The van der Waals surface area contributed by atoms with E-state index in [1.165, 1.54) is 0 Å². The van der Waals surface area contributed by atoms with Crippen molar-refractivity contribution in [2.75, 3.05) is 37.0 Å². The number of nitrogens with zero attached hydrogens (tertiary/aromatic N) is 5. The molecule has 3 rings (SSSR count). The van der Waals surface area contributed by atoms with Crippen molar-refractivity contribution in [3.05, 3.63) is 36.7 Å². The normalized spacial score (nSPS) is 18.9. The zero-order valence-electron chi connectivity index (χ0n) is 11.2. The van der Waals surface area contributed by atoms with Crippen molar-refractivity contribution in [2.24, 2.45) is 0 Å². The maximum absolute atomic E-state index is 5.83. The maximum Gasteiger partial charge on any atom is 0.150 e. The standard InChI is InChI=1S/C13H16N6O/c1-14-13-12(17-4-5-18-13)10-9-19(6-7-20-10)11-8-15-2-3-16-11/h2-5,8,10H,6-7,9H2,1H3,(H,14,18)/t10-/m0/s1. The molecule has 0 saturated carbocycles. The van der Waals surface area contributed by atoms with Gasteiger partial charge in [-0.15, -0.1) is 0 Å². The van der Waals surface area contributed by atoms with Crippen LogP contribution in [0.2, 0.25) is 0 Å². The van der Waals surface area contributed by atoms with Crippen molar-refractivity contribution in [1.29, 1.82) is 0 Å². The highest BCUT2D eigenvalue weighted by molar-refractivity contribution is 5.42. The van der Waals surface area contributed by atoms with Crippen LogP contribution in [0.1, 0.15) is 11.8 Å². The fourth-order valence-electron chi connectivity index (χ4n) is 2.25. The number of rotatable bonds is 3. The Kier molecular flexibility index (Phi) is 3.69. The van der Waals surface area contributed by atoms with Crippen LogP contribution in [0.25, 0.3) is 0 Å². The first-order valence-electron chi connectivity index (χ1n) is 6.49. The van der Waals surface area contributed by atoms with Crippen LogP contribution in [-0.4, -0.2) is 46.7 Å². The Hall–Kier alpha value is -2.28. The Morgan fingerprint density at radius 2 is 2.05 bits per heavy atom. The summed E-state index contributed by atoms with van der Waals surface area (Å²) in [5.41, 5.74) is 0.823.